The topological polar surface area (TPSA) is 57.2 Å². The van der Waals surface area contributed by atoms with Crippen LogP contribution in [0.5, 0.6) is 0 Å². The molecule has 1 saturated heterocycles. The van der Waals surface area contributed by atoms with E-state index in [0.29, 0.717) is 18.0 Å². The fourth-order valence-electron chi connectivity index (χ4n) is 2.93. The number of ether oxygens (including phenoxy) is 1. The molecule has 25 heavy (non-hydrogen) atoms. The van der Waals surface area contributed by atoms with Crippen LogP contribution in [0.2, 0.25) is 0 Å². The Labute approximate surface area is 167 Å². The molecule has 0 aromatic heterocycles. The normalized spacial score (nSPS) is 17.2. The van der Waals surface area contributed by atoms with Crippen LogP contribution in [0, 0.1) is 5.92 Å². The number of guanidine groups is 1. The third kappa shape index (κ3) is 6.14. The molecule has 0 aliphatic carbocycles. The summed E-state index contributed by atoms with van der Waals surface area (Å²) in [5, 5.41) is 3.40. The van der Waals surface area contributed by atoms with Crippen LogP contribution in [0.25, 0.3) is 0 Å². The number of halogens is 1. The molecule has 1 aromatic rings. The summed E-state index contributed by atoms with van der Waals surface area (Å²) in [6.07, 6.45) is 1.13. The second kappa shape index (κ2) is 10.6. The highest BCUT2D eigenvalue weighted by atomic mass is 127. The van der Waals surface area contributed by atoms with Crippen LogP contribution in [0.3, 0.4) is 0 Å². The van der Waals surface area contributed by atoms with E-state index in [2.05, 4.69) is 15.2 Å². The molecule has 2 rings (SSSR count). The van der Waals surface area contributed by atoms with Crippen molar-refractivity contribution in [1.29, 1.82) is 0 Å². The Hall–Kier alpha value is -1.35. The molecule has 0 spiro atoms. The number of hydrogen-bond donors (Lipinski definition) is 1. The van der Waals surface area contributed by atoms with Gasteiger partial charge in [0.05, 0.1) is 6.61 Å². The molecule has 7 heteroatoms. The zero-order valence-electron chi connectivity index (χ0n) is 15.5. The van der Waals surface area contributed by atoms with Gasteiger partial charge in [-0.05, 0) is 24.1 Å². The van der Waals surface area contributed by atoms with Crippen LogP contribution in [0.15, 0.2) is 29.3 Å². The largest absolute Gasteiger partial charge is 0.384 e. The summed E-state index contributed by atoms with van der Waals surface area (Å²) in [6, 6.07) is 7.70. The average molecular weight is 460 g/mol. The summed E-state index contributed by atoms with van der Waals surface area (Å²) >= 11 is 0. The molecule has 1 amide bonds. The van der Waals surface area contributed by atoms with Crippen molar-refractivity contribution < 1.29 is 9.53 Å². The minimum atomic E-state index is 0. The van der Waals surface area contributed by atoms with Gasteiger partial charge in [0.2, 0.25) is 0 Å². The molecule has 0 radical (unpaired) electrons. The first-order valence-electron chi connectivity index (χ1n) is 8.30. The van der Waals surface area contributed by atoms with E-state index >= 15 is 0 Å². The van der Waals surface area contributed by atoms with Gasteiger partial charge < -0.3 is 19.9 Å². The number of rotatable bonds is 5. The molecular weight excluding hydrogens is 431 g/mol. The fourth-order valence-corrected chi connectivity index (χ4v) is 2.93. The quantitative estimate of drug-likeness (QED) is 0.415. The summed E-state index contributed by atoms with van der Waals surface area (Å²) in [5.74, 6) is 1.51. The minimum Gasteiger partial charge on any atom is -0.384 e. The Balaban J connectivity index is 0.00000312. The van der Waals surface area contributed by atoms with E-state index in [4.69, 9.17) is 4.74 Å². The molecule has 1 N–H and O–H groups in total. The Morgan fingerprint density at radius 1 is 1.36 bits per heavy atom. The van der Waals surface area contributed by atoms with Gasteiger partial charge in [0, 0.05) is 59.4 Å². The molecule has 0 bridgehead atoms. The Morgan fingerprint density at radius 3 is 2.60 bits per heavy atom. The summed E-state index contributed by atoms with van der Waals surface area (Å²) in [4.78, 5) is 20.1. The van der Waals surface area contributed by atoms with E-state index in [0.717, 1.165) is 37.6 Å². The van der Waals surface area contributed by atoms with Crippen LogP contribution in [0.1, 0.15) is 22.3 Å². The lowest BCUT2D eigenvalue weighted by Gasteiger charge is -2.21. The van der Waals surface area contributed by atoms with Crippen molar-refractivity contribution in [2.75, 3.05) is 47.9 Å². The number of benzene rings is 1. The molecule has 1 aliphatic rings. The first-order valence-corrected chi connectivity index (χ1v) is 8.30. The van der Waals surface area contributed by atoms with Crippen molar-refractivity contribution in [3.63, 3.8) is 0 Å². The molecule has 1 unspecified atom stereocenters. The SMILES string of the molecule is CN=C(NCc1ccc(C(=O)N(C)C)cc1)N1CCC(COC)C1.I. The second-order valence-corrected chi connectivity index (χ2v) is 6.35. The van der Waals surface area contributed by atoms with Gasteiger partial charge in [-0.25, -0.2) is 0 Å². The Morgan fingerprint density at radius 2 is 2.04 bits per heavy atom. The lowest BCUT2D eigenvalue weighted by molar-refractivity contribution is 0.0827. The van der Waals surface area contributed by atoms with Crippen molar-refractivity contribution >= 4 is 35.8 Å². The summed E-state index contributed by atoms with van der Waals surface area (Å²) in [7, 11) is 7.08. The van der Waals surface area contributed by atoms with Gasteiger partial charge in [0.15, 0.2) is 5.96 Å². The van der Waals surface area contributed by atoms with Gasteiger partial charge in [0.1, 0.15) is 0 Å². The van der Waals surface area contributed by atoms with Crippen LogP contribution < -0.4 is 5.32 Å². The molecule has 0 saturated carbocycles. The van der Waals surface area contributed by atoms with Crippen LogP contribution in [-0.2, 0) is 11.3 Å². The number of nitrogens with zero attached hydrogens (tertiary/aromatic N) is 3. The first-order chi connectivity index (χ1) is 11.5. The smallest absolute Gasteiger partial charge is 0.253 e. The number of likely N-dealkylation sites (tertiary alicyclic amines) is 1. The predicted molar refractivity (Wildman–Crippen MR) is 112 cm³/mol. The average Bonchev–Trinajstić information content (AvgIpc) is 3.04. The zero-order chi connectivity index (χ0) is 17.5. The minimum absolute atomic E-state index is 0. The van der Waals surface area contributed by atoms with Crippen molar-refractivity contribution in [3.8, 4) is 0 Å². The van der Waals surface area contributed by atoms with Gasteiger partial charge >= 0.3 is 0 Å². The maximum atomic E-state index is 11.9. The van der Waals surface area contributed by atoms with Crippen molar-refractivity contribution in [1.82, 2.24) is 15.1 Å². The number of carbonyl (C=O) groups is 1. The van der Waals surface area contributed by atoms with Crippen LogP contribution >= 0.6 is 24.0 Å². The van der Waals surface area contributed by atoms with E-state index in [1.54, 1.807) is 26.1 Å². The molecule has 1 aliphatic heterocycles. The maximum Gasteiger partial charge on any atom is 0.253 e. The number of hydrogen-bond acceptors (Lipinski definition) is 3. The lowest BCUT2D eigenvalue weighted by atomic mass is 10.1. The molecule has 6 nitrogen and oxygen atoms in total. The number of methoxy groups -OCH3 is 1. The molecule has 1 heterocycles. The van der Waals surface area contributed by atoms with Gasteiger partial charge in [-0.15, -0.1) is 24.0 Å². The highest BCUT2D eigenvalue weighted by Gasteiger charge is 2.24. The molecule has 1 fully saturated rings. The van der Waals surface area contributed by atoms with Gasteiger partial charge in [-0.1, -0.05) is 12.1 Å². The second-order valence-electron chi connectivity index (χ2n) is 6.35. The predicted octanol–water partition coefficient (Wildman–Crippen LogP) is 2.05. The fraction of sp³-hybridized carbons (Fsp3) is 0.556. The molecule has 1 atom stereocenters. The first kappa shape index (κ1) is 21.7. The van der Waals surface area contributed by atoms with Crippen molar-refractivity contribution in [2.24, 2.45) is 10.9 Å². The standard InChI is InChI=1S/C18H28N4O2.HI/c1-19-18(22-10-9-15(12-22)13-24-4)20-11-14-5-7-16(8-6-14)17(23)21(2)3;/h5-8,15H,9-13H2,1-4H3,(H,19,20);1H. The highest BCUT2D eigenvalue weighted by molar-refractivity contribution is 14.0. The van der Waals surface area contributed by atoms with E-state index in [1.807, 2.05) is 31.3 Å². The van der Waals surface area contributed by atoms with Crippen LogP contribution in [0.4, 0.5) is 0 Å². The highest BCUT2D eigenvalue weighted by Crippen LogP contribution is 2.16. The summed E-state index contributed by atoms with van der Waals surface area (Å²) in [5.41, 5.74) is 1.83. The lowest BCUT2D eigenvalue weighted by Crippen LogP contribution is -2.39. The van der Waals surface area contributed by atoms with Gasteiger partial charge in [0.25, 0.3) is 5.91 Å². The summed E-state index contributed by atoms with van der Waals surface area (Å²) in [6.45, 7) is 3.47. The Bertz CT molecular complexity index is 575. The number of aliphatic imine (C=N–C) groups is 1. The van der Waals surface area contributed by atoms with E-state index in [9.17, 15) is 4.79 Å². The third-order valence-corrected chi connectivity index (χ3v) is 4.26. The summed E-state index contributed by atoms with van der Waals surface area (Å²) < 4.78 is 5.25. The van der Waals surface area contributed by atoms with E-state index < -0.39 is 0 Å². The maximum absolute atomic E-state index is 11.9. The van der Waals surface area contributed by atoms with Crippen molar-refractivity contribution in [3.05, 3.63) is 35.4 Å². The number of nitrogens with one attached hydrogen (secondary N) is 1. The molecular formula is C18H29IN4O2. The molecule has 140 valence electrons. The van der Waals surface area contributed by atoms with Gasteiger partial charge in [-0.3, -0.25) is 9.79 Å². The third-order valence-electron chi connectivity index (χ3n) is 4.26. The van der Waals surface area contributed by atoms with E-state index in [1.165, 1.54) is 0 Å². The van der Waals surface area contributed by atoms with Crippen molar-refractivity contribution in [2.45, 2.75) is 13.0 Å². The molecule has 1 aromatic carbocycles. The van der Waals surface area contributed by atoms with E-state index in [-0.39, 0.29) is 29.9 Å². The number of amides is 1. The Kier molecular flexibility index (Phi) is 9.20. The van der Waals surface area contributed by atoms with Gasteiger partial charge in [-0.2, -0.15) is 0 Å². The zero-order valence-corrected chi connectivity index (χ0v) is 17.8. The van der Waals surface area contributed by atoms with Crippen LogP contribution in [-0.4, -0.2) is 69.6 Å². The number of carbonyl (C=O) groups excluding carboxylic acids is 1. The monoisotopic (exact) mass is 460 g/mol.